The Labute approximate surface area is 124 Å². The molecule has 1 aliphatic rings. The molecule has 2 atom stereocenters. The van der Waals surface area contributed by atoms with E-state index in [1.165, 1.54) is 0 Å². The highest BCUT2D eigenvalue weighted by Gasteiger charge is 2.35. The van der Waals surface area contributed by atoms with E-state index in [-0.39, 0.29) is 12.6 Å². The number of anilines is 1. The second-order valence-corrected chi connectivity index (χ2v) is 6.17. The van der Waals surface area contributed by atoms with E-state index in [0.29, 0.717) is 16.6 Å². The second-order valence-electron chi connectivity index (χ2n) is 5.73. The molecule has 0 radical (unpaired) electrons. The SMILES string of the molecule is CC1CCCC(CO)(NC(=O)Nc2cccc(Cl)c2)C1. The highest BCUT2D eigenvalue weighted by molar-refractivity contribution is 6.30. The first-order valence-corrected chi connectivity index (χ1v) is 7.36. The molecule has 0 heterocycles. The van der Waals surface area contributed by atoms with Gasteiger partial charge in [-0.05, 0) is 37.0 Å². The molecule has 1 aromatic carbocycles. The van der Waals surface area contributed by atoms with Crippen LogP contribution in [0.15, 0.2) is 24.3 Å². The zero-order valence-corrected chi connectivity index (χ0v) is 12.4. The number of carbonyl (C=O) groups is 1. The van der Waals surface area contributed by atoms with E-state index < -0.39 is 5.54 Å². The standard InChI is InChI=1S/C15H21ClN2O2/c1-11-4-3-7-15(9-11,10-19)18-14(20)17-13-6-2-5-12(16)8-13/h2,5-6,8,11,19H,3-4,7,9-10H2,1H3,(H2,17,18,20). The maximum atomic E-state index is 12.1. The van der Waals surface area contributed by atoms with Gasteiger partial charge in [-0.1, -0.05) is 37.4 Å². The van der Waals surface area contributed by atoms with Gasteiger partial charge in [-0.15, -0.1) is 0 Å². The van der Waals surface area contributed by atoms with E-state index in [0.717, 1.165) is 25.7 Å². The van der Waals surface area contributed by atoms with E-state index in [2.05, 4.69) is 17.6 Å². The van der Waals surface area contributed by atoms with Crippen LogP contribution in [0.2, 0.25) is 5.02 Å². The number of urea groups is 1. The van der Waals surface area contributed by atoms with Crippen molar-refractivity contribution >= 4 is 23.3 Å². The predicted molar refractivity (Wildman–Crippen MR) is 81.1 cm³/mol. The zero-order chi connectivity index (χ0) is 14.6. The molecule has 1 fully saturated rings. The fraction of sp³-hybridized carbons (Fsp3) is 0.533. The Balaban J connectivity index is 1.99. The molecule has 3 N–H and O–H groups in total. The first kappa shape index (κ1) is 15.1. The van der Waals surface area contributed by atoms with Crippen molar-refractivity contribution in [2.24, 2.45) is 5.92 Å². The van der Waals surface area contributed by atoms with Gasteiger partial charge in [-0.25, -0.2) is 4.79 Å². The molecule has 2 unspecified atom stereocenters. The van der Waals surface area contributed by atoms with Crippen molar-refractivity contribution in [3.05, 3.63) is 29.3 Å². The summed E-state index contributed by atoms with van der Waals surface area (Å²) >= 11 is 5.88. The number of nitrogens with one attached hydrogen (secondary N) is 2. The maximum absolute atomic E-state index is 12.1. The van der Waals surface area contributed by atoms with Crippen molar-refractivity contribution in [3.63, 3.8) is 0 Å². The van der Waals surface area contributed by atoms with Crippen LogP contribution < -0.4 is 10.6 Å². The molecule has 0 spiro atoms. The van der Waals surface area contributed by atoms with Crippen LogP contribution in [0.25, 0.3) is 0 Å². The second kappa shape index (κ2) is 6.46. The lowest BCUT2D eigenvalue weighted by Gasteiger charge is -2.39. The minimum absolute atomic E-state index is 0.0275. The molecule has 2 amide bonds. The van der Waals surface area contributed by atoms with Crippen molar-refractivity contribution in [3.8, 4) is 0 Å². The Morgan fingerprint density at radius 3 is 3.00 bits per heavy atom. The van der Waals surface area contributed by atoms with Gasteiger partial charge in [0.25, 0.3) is 0 Å². The quantitative estimate of drug-likeness (QED) is 0.800. The summed E-state index contributed by atoms with van der Waals surface area (Å²) in [6.45, 7) is 2.13. The molecule has 0 saturated heterocycles. The molecule has 0 aliphatic heterocycles. The molecule has 20 heavy (non-hydrogen) atoms. The highest BCUT2D eigenvalue weighted by Crippen LogP contribution is 2.32. The topological polar surface area (TPSA) is 61.4 Å². The number of hydrogen-bond donors (Lipinski definition) is 3. The molecule has 1 aliphatic carbocycles. The van der Waals surface area contributed by atoms with Crippen LogP contribution in [-0.4, -0.2) is 23.3 Å². The van der Waals surface area contributed by atoms with Crippen LogP contribution in [0.4, 0.5) is 10.5 Å². The summed E-state index contributed by atoms with van der Waals surface area (Å²) in [6.07, 6.45) is 3.81. The Morgan fingerprint density at radius 2 is 2.35 bits per heavy atom. The highest BCUT2D eigenvalue weighted by atomic mass is 35.5. The van der Waals surface area contributed by atoms with Crippen LogP contribution in [0.1, 0.15) is 32.6 Å². The lowest BCUT2D eigenvalue weighted by atomic mass is 9.77. The summed E-state index contributed by atoms with van der Waals surface area (Å²) in [5.41, 5.74) is 0.146. The molecule has 2 rings (SSSR count). The predicted octanol–water partition coefficient (Wildman–Crippen LogP) is 3.40. The van der Waals surface area contributed by atoms with Crippen molar-refractivity contribution < 1.29 is 9.90 Å². The number of halogens is 1. The van der Waals surface area contributed by atoms with Crippen LogP contribution in [0.5, 0.6) is 0 Å². The fourth-order valence-corrected chi connectivity index (χ4v) is 3.12. The summed E-state index contributed by atoms with van der Waals surface area (Å²) in [5.74, 6) is 0.516. The van der Waals surface area contributed by atoms with E-state index in [1.54, 1.807) is 24.3 Å². The molecule has 1 saturated carbocycles. The molecule has 5 heteroatoms. The van der Waals surface area contributed by atoms with Gasteiger partial charge < -0.3 is 15.7 Å². The summed E-state index contributed by atoms with van der Waals surface area (Å²) < 4.78 is 0. The third kappa shape index (κ3) is 3.87. The minimum Gasteiger partial charge on any atom is -0.394 e. The molecule has 1 aromatic rings. The van der Waals surface area contributed by atoms with Gasteiger partial charge in [0.15, 0.2) is 0 Å². The van der Waals surface area contributed by atoms with Crippen LogP contribution in [0, 0.1) is 5.92 Å². The number of carbonyl (C=O) groups excluding carboxylic acids is 1. The maximum Gasteiger partial charge on any atom is 0.319 e. The normalized spacial score (nSPS) is 26.1. The number of aliphatic hydroxyl groups excluding tert-OH is 1. The molecule has 4 nitrogen and oxygen atoms in total. The summed E-state index contributed by atoms with van der Waals surface area (Å²) in [5, 5.41) is 15.9. The van der Waals surface area contributed by atoms with E-state index in [9.17, 15) is 9.90 Å². The fourth-order valence-electron chi connectivity index (χ4n) is 2.93. The van der Waals surface area contributed by atoms with Gasteiger partial charge in [-0.3, -0.25) is 0 Å². The van der Waals surface area contributed by atoms with Crippen molar-refractivity contribution in [2.75, 3.05) is 11.9 Å². The van der Waals surface area contributed by atoms with Gasteiger partial charge in [-0.2, -0.15) is 0 Å². The first-order chi connectivity index (χ1) is 9.53. The van der Waals surface area contributed by atoms with Crippen molar-refractivity contribution in [1.29, 1.82) is 0 Å². The third-order valence-corrected chi connectivity index (χ3v) is 4.09. The van der Waals surface area contributed by atoms with E-state index >= 15 is 0 Å². The Hall–Kier alpha value is -1.26. The Morgan fingerprint density at radius 1 is 1.55 bits per heavy atom. The summed E-state index contributed by atoms with van der Waals surface area (Å²) in [6, 6.07) is 6.71. The number of rotatable bonds is 3. The van der Waals surface area contributed by atoms with Gasteiger partial charge in [0.2, 0.25) is 0 Å². The average molecular weight is 297 g/mol. The summed E-state index contributed by atoms with van der Waals surface area (Å²) in [7, 11) is 0. The van der Waals surface area contributed by atoms with E-state index in [4.69, 9.17) is 11.6 Å². The number of benzene rings is 1. The first-order valence-electron chi connectivity index (χ1n) is 6.99. The molecular weight excluding hydrogens is 276 g/mol. The largest absolute Gasteiger partial charge is 0.394 e. The monoisotopic (exact) mass is 296 g/mol. The molecular formula is C15H21ClN2O2. The lowest BCUT2D eigenvalue weighted by molar-refractivity contribution is 0.108. The van der Waals surface area contributed by atoms with Gasteiger partial charge >= 0.3 is 6.03 Å². The van der Waals surface area contributed by atoms with Gasteiger partial charge in [0, 0.05) is 10.7 Å². The molecule has 110 valence electrons. The molecule has 0 bridgehead atoms. The number of aliphatic hydroxyl groups is 1. The average Bonchev–Trinajstić information content (AvgIpc) is 2.38. The third-order valence-electron chi connectivity index (χ3n) is 3.86. The smallest absolute Gasteiger partial charge is 0.319 e. The summed E-state index contributed by atoms with van der Waals surface area (Å²) in [4.78, 5) is 12.1. The molecule has 0 aromatic heterocycles. The number of amides is 2. The van der Waals surface area contributed by atoms with Crippen molar-refractivity contribution in [1.82, 2.24) is 5.32 Å². The van der Waals surface area contributed by atoms with Crippen LogP contribution in [0.3, 0.4) is 0 Å². The minimum atomic E-state index is -0.500. The zero-order valence-electron chi connectivity index (χ0n) is 11.7. The Bertz CT molecular complexity index is 481. The van der Waals surface area contributed by atoms with Crippen molar-refractivity contribution in [2.45, 2.75) is 38.1 Å². The van der Waals surface area contributed by atoms with Gasteiger partial charge in [0.1, 0.15) is 0 Å². The van der Waals surface area contributed by atoms with E-state index in [1.807, 2.05) is 0 Å². The van der Waals surface area contributed by atoms with Crippen LogP contribution >= 0.6 is 11.6 Å². The van der Waals surface area contributed by atoms with Gasteiger partial charge in [0.05, 0.1) is 12.1 Å². The van der Waals surface area contributed by atoms with Crippen LogP contribution in [-0.2, 0) is 0 Å². The number of hydrogen-bond acceptors (Lipinski definition) is 2. The Kier molecular flexibility index (Phi) is 4.89. The lowest BCUT2D eigenvalue weighted by Crippen LogP contribution is -2.55.